The molecule has 0 heterocycles. The molecule has 0 fully saturated rings. The first-order valence-corrected chi connectivity index (χ1v) is 12.3. The molecule has 0 bridgehead atoms. The molecule has 0 aliphatic heterocycles. The van der Waals surface area contributed by atoms with Crippen LogP contribution in [0.2, 0.25) is 0 Å². The van der Waals surface area contributed by atoms with Crippen molar-refractivity contribution >= 4 is 33.3 Å². The van der Waals surface area contributed by atoms with Crippen LogP contribution in [0.15, 0.2) is 71.6 Å². The first kappa shape index (κ1) is 25.0. The Kier molecular flexibility index (Phi) is 7.73. The summed E-state index contributed by atoms with van der Waals surface area (Å²) in [5.74, 6) is -1.03. The number of aryl methyl sites for hydroxylation is 2. The quantitative estimate of drug-likeness (QED) is 0.475. The zero-order chi connectivity index (χ0) is 24.9. The van der Waals surface area contributed by atoms with Crippen molar-refractivity contribution in [1.82, 2.24) is 0 Å². The molecule has 0 unspecified atom stereocenters. The molecule has 0 aromatic heterocycles. The van der Waals surface area contributed by atoms with Crippen molar-refractivity contribution in [3.05, 3.63) is 89.0 Å². The van der Waals surface area contributed by atoms with Gasteiger partial charge in [-0.25, -0.2) is 13.2 Å². The molecule has 0 aliphatic rings. The van der Waals surface area contributed by atoms with Crippen molar-refractivity contribution in [2.45, 2.75) is 32.6 Å². The van der Waals surface area contributed by atoms with Gasteiger partial charge in [-0.05, 0) is 69.7 Å². The number of nitrogens with one attached hydrogen (secondary N) is 1. The number of carbonyl (C=O) groups is 2. The first-order chi connectivity index (χ1) is 16.1. The highest BCUT2D eigenvalue weighted by atomic mass is 32.2. The molecule has 0 aliphatic carbocycles. The molecule has 178 valence electrons. The number of hydrogen-bond acceptors (Lipinski definition) is 5. The van der Waals surface area contributed by atoms with Crippen LogP contribution in [0.1, 0.15) is 34.0 Å². The average Bonchev–Trinajstić information content (AvgIpc) is 2.80. The highest BCUT2D eigenvalue weighted by Crippen LogP contribution is 2.25. The summed E-state index contributed by atoms with van der Waals surface area (Å²) in [4.78, 5) is 25.3. The Labute approximate surface area is 200 Å². The van der Waals surface area contributed by atoms with Gasteiger partial charge in [0.15, 0.2) is 0 Å². The van der Waals surface area contributed by atoms with E-state index in [0.29, 0.717) is 22.5 Å². The lowest BCUT2D eigenvalue weighted by molar-refractivity contribution is -0.114. The molecule has 0 saturated heterocycles. The van der Waals surface area contributed by atoms with E-state index in [-0.39, 0.29) is 11.5 Å². The molecule has 3 aromatic rings. The molecule has 0 radical (unpaired) electrons. The molecule has 0 saturated carbocycles. The smallest absolute Gasteiger partial charge is 0.338 e. The van der Waals surface area contributed by atoms with E-state index in [1.54, 1.807) is 68.4 Å². The zero-order valence-corrected chi connectivity index (χ0v) is 20.5. The van der Waals surface area contributed by atoms with Gasteiger partial charge >= 0.3 is 5.97 Å². The summed E-state index contributed by atoms with van der Waals surface area (Å²) in [5, 5.41) is 2.74. The Bertz CT molecular complexity index is 1280. The largest absolute Gasteiger partial charge is 0.462 e. The Hall–Kier alpha value is -3.65. The van der Waals surface area contributed by atoms with Crippen LogP contribution in [0.5, 0.6) is 0 Å². The summed E-state index contributed by atoms with van der Waals surface area (Å²) < 4.78 is 33.1. The van der Waals surface area contributed by atoms with E-state index in [9.17, 15) is 18.0 Å². The summed E-state index contributed by atoms with van der Waals surface area (Å²) in [6.07, 6.45) is 0. The van der Waals surface area contributed by atoms with Crippen LogP contribution in [0.4, 0.5) is 11.4 Å². The van der Waals surface area contributed by atoms with Crippen molar-refractivity contribution < 1.29 is 22.7 Å². The summed E-state index contributed by atoms with van der Waals surface area (Å²) >= 11 is 0. The summed E-state index contributed by atoms with van der Waals surface area (Å²) in [7, 11) is -4.01. The van der Waals surface area contributed by atoms with Gasteiger partial charge < -0.3 is 10.1 Å². The van der Waals surface area contributed by atoms with Gasteiger partial charge in [0, 0.05) is 5.69 Å². The second kappa shape index (κ2) is 10.5. The highest BCUT2D eigenvalue weighted by molar-refractivity contribution is 7.92. The Morgan fingerprint density at radius 3 is 2.06 bits per heavy atom. The topological polar surface area (TPSA) is 92.8 Å². The fraction of sp³-hybridized carbons (Fsp3) is 0.231. The lowest BCUT2D eigenvalue weighted by atomic mass is 10.1. The Morgan fingerprint density at radius 2 is 1.47 bits per heavy atom. The molecule has 3 aromatic carbocycles. The first-order valence-electron chi connectivity index (χ1n) is 10.9. The third kappa shape index (κ3) is 5.63. The van der Waals surface area contributed by atoms with Crippen LogP contribution >= 0.6 is 0 Å². The third-order valence-corrected chi connectivity index (χ3v) is 7.11. The van der Waals surface area contributed by atoms with Crippen molar-refractivity contribution in [3.8, 4) is 0 Å². The molecule has 1 N–H and O–H groups in total. The number of amides is 1. The number of anilines is 2. The lowest BCUT2D eigenvalue weighted by Gasteiger charge is -2.24. The van der Waals surface area contributed by atoms with Gasteiger partial charge in [-0.1, -0.05) is 41.5 Å². The van der Waals surface area contributed by atoms with Crippen molar-refractivity contribution in [2.24, 2.45) is 0 Å². The van der Waals surface area contributed by atoms with E-state index in [0.717, 1.165) is 15.4 Å². The molecule has 3 rings (SSSR count). The molecular weight excluding hydrogens is 452 g/mol. The second-order valence-electron chi connectivity index (χ2n) is 7.91. The molecule has 1 amide bonds. The number of carbonyl (C=O) groups excluding carboxylic acids is 2. The summed E-state index contributed by atoms with van der Waals surface area (Å²) in [5.41, 5.74) is 3.55. The van der Waals surface area contributed by atoms with Gasteiger partial charge in [-0.15, -0.1) is 0 Å². The summed E-state index contributed by atoms with van der Waals surface area (Å²) in [6, 6.07) is 18.3. The van der Waals surface area contributed by atoms with Crippen LogP contribution in [0.3, 0.4) is 0 Å². The van der Waals surface area contributed by atoms with E-state index in [1.807, 2.05) is 13.8 Å². The number of ether oxygens (including phenoxy) is 1. The minimum absolute atomic E-state index is 0.0898. The number of rotatable bonds is 8. The molecular formula is C26H28N2O5S. The fourth-order valence-corrected chi connectivity index (χ4v) is 4.81. The molecule has 0 atom stereocenters. The predicted octanol–water partition coefficient (Wildman–Crippen LogP) is 4.62. The van der Waals surface area contributed by atoms with Crippen LogP contribution in [0, 0.1) is 20.8 Å². The molecule has 8 heteroatoms. The van der Waals surface area contributed by atoms with Crippen LogP contribution in [0.25, 0.3) is 0 Å². The van der Waals surface area contributed by atoms with Crippen molar-refractivity contribution in [1.29, 1.82) is 0 Å². The monoisotopic (exact) mass is 480 g/mol. The minimum atomic E-state index is -4.01. The van der Waals surface area contributed by atoms with Gasteiger partial charge in [0.05, 0.1) is 22.8 Å². The van der Waals surface area contributed by atoms with E-state index >= 15 is 0 Å². The Balaban J connectivity index is 1.92. The van der Waals surface area contributed by atoms with Crippen molar-refractivity contribution in [2.75, 3.05) is 22.8 Å². The second-order valence-corrected chi connectivity index (χ2v) is 9.77. The van der Waals surface area contributed by atoms with E-state index < -0.39 is 28.4 Å². The van der Waals surface area contributed by atoms with Crippen molar-refractivity contribution in [3.63, 3.8) is 0 Å². The maximum absolute atomic E-state index is 13.5. The van der Waals surface area contributed by atoms with Gasteiger partial charge in [-0.2, -0.15) is 0 Å². The third-order valence-electron chi connectivity index (χ3n) is 5.32. The number of nitrogens with zero attached hydrogens (tertiary/aromatic N) is 1. The average molecular weight is 481 g/mol. The van der Waals surface area contributed by atoms with Gasteiger partial charge in [0.1, 0.15) is 6.54 Å². The lowest BCUT2D eigenvalue weighted by Crippen LogP contribution is -2.38. The number of hydrogen-bond donors (Lipinski definition) is 1. The van der Waals surface area contributed by atoms with E-state index in [4.69, 9.17) is 4.74 Å². The maximum atomic E-state index is 13.5. The van der Waals surface area contributed by atoms with E-state index in [1.165, 1.54) is 12.1 Å². The van der Waals surface area contributed by atoms with Crippen LogP contribution < -0.4 is 9.62 Å². The minimum Gasteiger partial charge on any atom is -0.462 e. The SMILES string of the molecule is CCOC(=O)c1cccc(NC(=O)CN(c2ccc(C)cc2)S(=O)(=O)c2ccc(C)cc2)c1C. The molecule has 7 nitrogen and oxygen atoms in total. The fourth-order valence-electron chi connectivity index (χ4n) is 3.38. The van der Waals surface area contributed by atoms with Gasteiger partial charge in [0.25, 0.3) is 10.0 Å². The maximum Gasteiger partial charge on any atom is 0.338 e. The van der Waals surface area contributed by atoms with Gasteiger partial charge in [0.2, 0.25) is 5.91 Å². The molecule has 0 spiro atoms. The number of sulfonamides is 1. The van der Waals surface area contributed by atoms with Crippen LogP contribution in [-0.2, 0) is 19.6 Å². The van der Waals surface area contributed by atoms with Crippen LogP contribution in [-0.4, -0.2) is 33.4 Å². The standard InChI is InChI=1S/C26H28N2O5S/c1-5-33-26(30)23-7-6-8-24(20(23)4)27-25(29)17-28(21-13-9-18(2)10-14-21)34(31,32)22-15-11-19(3)12-16-22/h6-16H,5,17H2,1-4H3,(H,27,29). The Morgan fingerprint density at radius 1 is 0.882 bits per heavy atom. The number of esters is 1. The highest BCUT2D eigenvalue weighted by Gasteiger charge is 2.27. The summed E-state index contributed by atoms with van der Waals surface area (Å²) in [6.45, 7) is 6.97. The number of benzene rings is 3. The van der Waals surface area contributed by atoms with Gasteiger partial charge in [-0.3, -0.25) is 9.10 Å². The van der Waals surface area contributed by atoms with E-state index in [2.05, 4.69) is 5.32 Å². The predicted molar refractivity (Wildman–Crippen MR) is 133 cm³/mol. The zero-order valence-electron chi connectivity index (χ0n) is 19.7. The molecule has 34 heavy (non-hydrogen) atoms. The normalized spacial score (nSPS) is 11.1.